The van der Waals surface area contributed by atoms with Gasteiger partial charge >= 0.3 is 0 Å². The molecule has 3 unspecified atom stereocenters. The molecule has 2 rings (SSSR count). The molecule has 0 aliphatic carbocycles. The van der Waals surface area contributed by atoms with Crippen LogP contribution in [0.3, 0.4) is 0 Å². The molecular formula is C14H29N3. The van der Waals surface area contributed by atoms with E-state index in [2.05, 4.69) is 35.9 Å². The Bertz CT molecular complexity index is 232. The number of piperazine rings is 1. The average Bonchev–Trinajstić information content (AvgIpc) is 2.82. The second kappa shape index (κ2) is 6.17. The molecule has 0 saturated carbocycles. The zero-order chi connectivity index (χ0) is 12.3. The minimum atomic E-state index is 0.658. The van der Waals surface area contributed by atoms with Gasteiger partial charge in [0.15, 0.2) is 0 Å². The molecule has 1 N–H and O–H groups in total. The zero-order valence-electron chi connectivity index (χ0n) is 11.8. The highest BCUT2D eigenvalue weighted by molar-refractivity contribution is 4.89. The topological polar surface area (TPSA) is 18.5 Å². The summed E-state index contributed by atoms with van der Waals surface area (Å²) >= 11 is 0. The third-order valence-corrected chi connectivity index (χ3v) is 4.62. The first-order valence-electron chi connectivity index (χ1n) is 7.42. The van der Waals surface area contributed by atoms with Crippen molar-refractivity contribution >= 4 is 0 Å². The molecule has 100 valence electrons. The third kappa shape index (κ3) is 3.43. The lowest BCUT2D eigenvalue weighted by Crippen LogP contribution is -2.55. The minimum absolute atomic E-state index is 0.658. The molecule has 0 amide bonds. The lowest BCUT2D eigenvalue weighted by Gasteiger charge is -2.40. The van der Waals surface area contributed by atoms with E-state index in [0.29, 0.717) is 12.1 Å². The first-order chi connectivity index (χ1) is 8.20. The second-order valence-corrected chi connectivity index (χ2v) is 5.89. The van der Waals surface area contributed by atoms with Crippen LogP contribution in [0.5, 0.6) is 0 Å². The largest absolute Gasteiger partial charge is 0.313 e. The van der Waals surface area contributed by atoms with Gasteiger partial charge in [-0.15, -0.1) is 0 Å². The van der Waals surface area contributed by atoms with Gasteiger partial charge in [0.05, 0.1) is 0 Å². The Kier molecular flexibility index (Phi) is 4.83. The third-order valence-electron chi connectivity index (χ3n) is 4.62. The predicted molar refractivity (Wildman–Crippen MR) is 73.4 cm³/mol. The summed E-state index contributed by atoms with van der Waals surface area (Å²) in [5.41, 5.74) is 0. The van der Waals surface area contributed by atoms with Crippen molar-refractivity contribution in [2.24, 2.45) is 0 Å². The Hall–Kier alpha value is -0.120. The van der Waals surface area contributed by atoms with Crippen LogP contribution >= 0.6 is 0 Å². The van der Waals surface area contributed by atoms with Crippen LogP contribution in [0.2, 0.25) is 0 Å². The molecule has 0 aromatic rings. The molecule has 0 aromatic heterocycles. The Morgan fingerprint density at radius 1 is 1.24 bits per heavy atom. The van der Waals surface area contributed by atoms with Gasteiger partial charge < -0.3 is 5.32 Å². The molecule has 2 aliphatic rings. The summed E-state index contributed by atoms with van der Waals surface area (Å²) in [7, 11) is 0. The molecular weight excluding hydrogens is 210 g/mol. The average molecular weight is 239 g/mol. The zero-order valence-corrected chi connectivity index (χ0v) is 11.8. The summed E-state index contributed by atoms with van der Waals surface area (Å²) < 4.78 is 0. The van der Waals surface area contributed by atoms with Crippen molar-refractivity contribution in [3.05, 3.63) is 0 Å². The Balaban J connectivity index is 1.74. The van der Waals surface area contributed by atoms with Crippen LogP contribution in [0.1, 0.15) is 40.0 Å². The molecule has 2 heterocycles. The van der Waals surface area contributed by atoms with Gasteiger partial charge in [-0.25, -0.2) is 0 Å². The fourth-order valence-electron chi connectivity index (χ4n) is 3.06. The molecule has 2 fully saturated rings. The summed E-state index contributed by atoms with van der Waals surface area (Å²) in [5.74, 6) is 0. The smallest absolute Gasteiger partial charge is 0.0224 e. The summed E-state index contributed by atoms with van der Waals surface area (Å²) in [4.78, 5) is 5.37. The van der Waals surface area contributed by atoms with E-state index in [1.165, 1.54) is 45.4 Å². The van der Waals surface area contributed by atoms with E-state index in [1.807, 2.05) is 0 Å². The van der Waals surface area contributed by atoms with Crippen molar-refractivity contribution in [2.75, 3.05) is 32.7 Å². The van der Waals surface area contributed by atoms with E-state index in [4.69, 9.17) is 0 Å². The maximum atomic E-state index is 3.63. The number of nitrogens with one attached hydrogen (secondary N) is 1. The van der Waals surface area contributed by atoms with Crippen LogP contribution in [0.15, 0.2) is 0 Å². The van der Waals surface area contributed by atoms with Gasteiger partial charge in [-0.05, 0) is 39.7 Å². The predicted octanol–water partition coefficient (Wildman–Crippen LogP) is 1.54. The second-order valence-electron chi connectivity index (χ2n) is 5.89. The molecule has 3 atom stereocenters. The number of hydrogen-bond donors (Lipinski definition) is 1. The van der Waals surface area contributed by atoms with Crippen LogP contribution in [0, 0.1) is 0 Å². The molecule has 0 aromatic carbocycles. The van der Waals surface area contributed by atoms with Crippen LogP contribution in [-0.4, -0.2) is 60.6 Å². The van der Waals surface area contributed by atoms with Gasteiger partial charge in [-0.1, -0.05) is 6.92 Å². The number of fused-ring (bicyclic) bond motifs is 1. The SMILES string of the molecule is CCC(C)NCC(C)N1CCN2CCCC2C1. The van der Waals surface area contributed by atoms with E-state index in [-0.39, 0.29) is 0 Å². The van der Waals surface area contributed by atoms with E-state index >= 15 is 0 Å². The lowest BCUT2D eigenvalue weighted by molar-refractivity contribution is 0.0760. The minimum Gasteiger partial charge on any atom is -0.313 e. The first kappa shape index (κ1) is 13.3. The standard InChI is InChI=1S/C14H29N3/c1-4-12(2)15-10-13(3)17-9-8-16-7-5-6-14(16)11-17/h12-15H,4-11H2,1-3H3. The van der Waals surface area contributed by atoms with Crippen LogP contribution < -0.4 is 5.32 Å². The first-order valence-corrected chi connectivity index (χ1v) is 7.42. The summed E-state index contributed by atoms with van der Waals surface area (Å²) in [6.07, 6.45) is 4.06. The van der Waals surface area contributed by atoms with Crippen molar-refractivity contribution in [3.63, 3.8) is 0 Å². The van der Waals surface area contributed by atoms with Crippen molar-refractivity contribution in [1.29, 1.82) is 0 Å². The van der Waals surface area contributed by atoms with E-state index < -0.39 is 0 Å². The number of rotatable bonds is 5. The summed E-state index contributed by atoms with van der Waals surface area (Å²) in [6.45, 7) is 13.2. The normalized spacial score (nSPS) is 30.2. The molecule has 3 heteroatoms. The van der Waals surface area contributed by atoms with Gasteiger partial charge in [0, 0.05) is 44.3 Å². The van der Waals surface area contributed by atoms with E-state index in [1.54, 1.807) is 0 Å². The Labute approximate surface area is 107 Å². The van der Waals surface area contributed by atoms with Crippen LogP contribution in [-0.2, 0) is 0 Å². The van der Waals surface area contributed by atoms with Gasteiger partial charge in [0.25, 0.3) is 0 Å². The van der Waals surface area contributed by atoms with Gasteiger partial charge in [0.1, 0.15) is 0 Å². The van der Waals surface area contributed by atoms with Gasteiger partial charge in [-0.3, -0.25) is 9.80 Å². The Morgan fingerprint density at radius 3 is 2.82 bits per heavy atom. The molecule has 3 nitrogen and oxygen atoms in total. The van der Waals surface area contributed by atoms with E-state index in [0.717, 1.165) is 12.6 Å². The fourth-order valence-corrected chi connectivity index (χ4v) is 3.06. The maximum absolute atomic E-state index is 3.63. The van der Waals surface area contributed by atoms with Gasteiger partial charge in [0.2, 0.25) is 0 Å². The quantitative estimate of drug-likeness (QED) is 0.785. The molecule has 0 spiro atoms. The van der Waals surface area contributed by atoms with Crippen molar-refractivity contribution < 1.29 is 0 Å². The molecule has 17 heavy (non-hydrogen) atoms. The highest BCUT2D eigenvalue weighted by atomic mass is 15.3. The summed E-state index contributed by atoms with van der Waals surface area (Å²) in [5, 5.41) is 3.63. The van der Waals surface area contributed by atoms with E-state index in [9.17, 15) is 0 Å². The lowest BCUT2D eigenvalue weighted by atomic mass is 10.1. The molecule has 0 radical (unpaired) electrons. The van der Waals surface area contributed by atoms with Gasteiger partial charge in [-0.2, -0.15) is 0 Å². The Morgan fingerprint density at radius 2 is 2.06 bits per heavy atom. The number of nitrogens with zero attached hydrogens (tertiary/aromatic N) is 2. The van der Waals surface area contributed by atoms with Crippen LogP contribution in [0.4, 0.5) is 0 Å². The fraction of sp³-hybridized carbons (Fsp3) is 1.00. The van der Waals surface area contributed by atoms with Crippen molar-refractivity contribution in [3.8, 4) is 0 Å². The molecule has 2 aliphatic heterocycles. The monoisotopic (exact) mass is 239 g/mol. The molecule has 2 saturated heterocycles. The maximum Gasteiger partial charge on any atom is 0.0224 e. The van der Waals surface area contributed by atoms with Crippen molar-refractivity contribution in [1.82, 2.24) is 15.1 Å². The van der Waals surface area contributed by atoms with Crippen molar-refractivity contribution in [2.45, 2.75) is 58.2 Å². The highest BCUT2D eigenvalue weighted by Crippen LogP contribution is 2.22. The molecule has 0 bridgehead atoms. The number of hydrogen-bond acceptors (Lipinski definition) is 3. The summed E-state index contributed by atoms with van der Waals surface area (Å²) in [6, 6.07) is 2.20. The van der Waals surface area contributed by atoms with Crippen LogP contribution in [0.25, 0.3) is 0 Å². The highest BCUT2D eigenvalue weighted by Gasteiger charge is 2.31.